The molecule has 4 rings (SSSR count). The second kappa shape index (κ2) is 10.5. The number of hydrogen-bond donors (Lipinski definition) is 2. The second-order valence-electron chi connectivity index (χ2n) is 7.13. The van der Waals surface area contributed by atoms with E-state index in [0.717, 1.165) is 61.5 Å². The van der Waals surface area contributed by atoms with Gasteiger partial charge in [0.1, 0.15) is 12.1 Å². The third-order valence-electron chi connectivity index (χ3n) is 5.01. The lowest BCUT2D eigenvalue weighted by Crippen LogP contribution is -2.52. The van der Waals surface area contributed by atoms with Gasteiger partial charge >= 0.3 is 0 Å². The lowest BCUT2D eigenvalue weighted by atomic mass is 10.1. The molecule has 1 aromatic carbocycles. The van der Waals surface area contributed by atoms with Gasteiger partial charge in [-0.2, -0.15) is 5.10 Å². The van der Waals surface area contributed by atoms with Crippen molar-refractivity contribution in [1.29, 1.82) is 0 Å². The van der Waals surface area contributed by atoms with E-state index in [2.05, 4.69) is 52.6 Å². The molecule has 160 valence electrons. The average Bonchev–Trinajstić information content (AvgIpc) is 3.42. The van der Waals surface area contributed by atoms with Crippen LogP contribution in [0.4, 0.5) is 0 Å². The summed E-state index contributed by atoms with van der Waals surface area (Å²) in [6.45, 7) is 7.23. The molecule has 10 heteroatoms. The van der Waals surface area contributed by atoms with Crippen molar-refractivity contribution in [1.82, 2.24) is 35.5 Å². The van der Waals surface area contributed by atoms with Crippen molar-refractivity contribution in [2.75, 3.05) is 33.2 Å². The van der Waals surface area contributed by atoms with E-state index in [-0.39, 0.29) is 24.0 Å². The van der Waals surface area contributed by atoms with Crippen LogP contribution in [0.15, 0.2) is 46.2 Å². The summed E-state index contributed by atoms with van der Waals surface area (Å²) in [5.74, 6) is 2.55. The standard InChI is InChI=1S/C20H26N8O.HI/c1-15-10-18(26-29-15)13-27-6-8-28(9-7-27)20(21-2)22-12-16-4-3-5-17(11-16)19-23-14-24-25-19;/h3-5,10-11,14H,6-9,12-13H2,1-2H3,(H,21,22)(H,23,24,25);1H. The van der Waals surface area contributed by atoms with Gasteiger partial charge in [0.05, 0.1) is 5.69 Å². The Morgan fingerprint density at radius 1 is 1.23 bits per heavy atom. The molecule has 1 aliphatic heterocycles. The molecule has 0 spiro atoms. The maximum atomic E-state index is 5.16. The van der Waals surface area contributed by atoms with E-state index in [1.165, 1.54) is 11.9 Å². The number of halogens is 1. The van der Waals surface area contributed by atoms with E-state index in [1.54, 1.807) is 0 Å². The number of benzene rings is 1. The summed E-state index contributed by atoms with van der Waals surface area (Å²) >= 11 is 0. The number of H-pyrrole nitrogens is 1. The van der Waals surface area contributed by atoms with Gasteiger partial charge in [-0.05, 0) is 18.6 Å². The first kappa shape index (κ1) is 22.2. The normalized spacial score (nSPS) is 15.1. The van der Waals surface area contributed by atoms with Gasteiger partial charge < -0.3 is 14.7 Å². The number of aromatic nitrogens is 4. The minimum Gasteiger partial charge on any atom is -0.361 e. The van der Waals surface area contributed by atoms with Gasteiger partial charge in [-0.3, -0.25) is 15.0 Å². The highest BCUT2D eigenvalue weighted by molar-refractivity contribution is 14.0. The molecule has 0 radical (unpaired) electrons. The van der Waals surface area contributed by atoms with Crippen LogP contribution in [0.3, 0.4) is 0 Å². The van der Waals surface area contributed by atoms with E-state index < -0.39 is 0 Å². The molecule has 0 aliphatic carbocycles. The monoisotopic (exact) mass is 522 g/mol. The molecule has 3 heterocycles. The van der Waals surface area contributed by atoms with Crippen molar-refractivity contribution in [2.45, 2.75) is 20.0 Å². The summed E-state index contributed by atoms with van der Waals surface area (Å²) in [5.41, 5.74) is 3.18. The highest BCUT2D eigenvalue weighted by atomic mass is 127. The molecule has 30 heavy (non-hydrogen) atoms. The Morgan fingerprint density at radius 2 is 2.07 bits per heavy atom. The molecule has 0 saturated carbocycles. The fourth-order valence-electron chi connectivity index (χ4n) is 3.53. The third-order valence-corrected chi connectivity index (χ3v) is 5.01. The fraction of sp³-hybridized carbons (Fsp3) is 0.400. The summed E-state index contributed by atoms with van der Waals surface area (Å²) in [7, 11) is 1.83. The van der Waals surface area contributed by atoms with Crippen molar-refractivity contribution in [2.24, 2.45) is 4.99 Å². The molecule has 1 aliphatic rings. The van der Waals surface area contributed by atoms with Crippen LogP contribution in [-0.2, 0) is 13.1 Å². The van der Waals surface area contributed by atoms with Crippen LogP contribution in [0, 0.1) is 6.92 Å². The Kier molecular flexibility index (Phi) is 7.80. The number of aromatic amines is 1. The average molecular weight is 522 g/mol. The minimum atomic E-state index is 0. The zero-order valence-electron chi connectivity index (χ0n) is 17.2. The highest BCUT2D eigenvalue weighted by Crippen LogP contribution is 2.15. The molecule has 9 nitrogen and oxygen atoms in total. The molecule has 2 N–H and O–H groups in total. The number of piperazine rings is 1. The highest BCUT2D eigenvalue weighted by Gasteiger charge is 2.20. The molecule has 0 amide bonds. The summed E-state index contributed by atoms with van der Waals surface area (Å²) in [6, 6.07) is 10.3. The number of hydrogen-bond acceptors (Lipinski definition) is 6. The second-order valence-corrected chi connectivity index (χ2v) is 7.13. The van der Waals surface area contributed by atoms with Gasteiger partial charge in [-0.25, -0.2) is 4.98 Å². The molecular formula is C20H27IN8O. The van der Waals surface area contributed by atoms with E-state index in [1.807, 2.05) is 32.2 Å². The zero-order chi connectivity index (χ0) is 20.1. The number of aliphatic imine (C=N–C) groups is 1. The number of rotatable bonds is 5. The number of aryl methyl sites for hydroxylation is 1. The van der Waals surface area contributed by atoms with Crippen molar-refractivity contribution in [3.8, 4) is 11.4 Å². The molecule has 2 aromatic heterocycles. The third kappa shape index (κ3) is 5.57. The molecular weight excluding hydrogens is 495 g/mol. The lowest BCUT2D eigenvalue weighted by Gasteiger charge is -2.36. The maximum absolute atomic E-state index is 5.16. The van der Waals surface area contributed by atoms with Crippen molar-refractivity contribution >= 4 is 29.9 Å². The van der Waals surface area contributed by atoms with Gasteiger partial charge in [-0.1, -0.05) is 23.4 Å². The summed E-state index contributed by atoms with van der Waals surface area (Å²) in [4.78, 5) is 13.4. The fourth-order valence-corrected chi connectivity index (χ4v) is 3.53. The predicted octanol–water partition coefficient (Wildman–Crippen LogP) is 2.28. The number of guanidine groups is 1. The van der Waals surface area contributed by atoms with Crippen molar-refractivity contribution in [3.05, 3.63) is 53.7 Å². The van der Waals surface area contributed by atoms with Crippen LogP contribution in [0.25, 0.3) is 11.4 Å². The topological polar surface area (TPSA) is 98.5 Å². The predicted molar refractivity (Wildman–Crippen MR) is 126 cm³/mol. The Labute approximate surface area is 193 Å². The Bertz CT molecular complexity index is 947. The van der Waals surface area contributed by atoms with Crippen LogP contribution < -0.4 is 5.32 Å². The SMILES string of the molecule is CN=C(NCc1cccc(-c2ncn[nH]2)c1)N1CCN(Cc2cc(C)on2)CC1.I. The summed E-state index contributed by atoms with van der Waals surface area (Å²) < 4.78 is 5.16. The van der Waals surface area contributed by atoms with Gasteiger partial charge in [-0.15, -0.1) is 24.0 Å². The van der Waals surface area contributed by atoms with Gasteiger partial charge in [0.2, 0.25) is 0 Å². The smallest absolute Gasteiger partial charge is 0.194 e. The Hall–Kier alpha value is -2.47. The number of nitrogens with zero attached hydrogens (tertiary/aromatic N) is 6. The first-order valence-electron chi connectivity index (χ1n) is 9.76. The van der Waals surface area contributed by atoms with Crippen LogP contribution >= 0.6 is 24.0 Å². The molecule has 0 atom stereocenters. The lowest BCUT2D eigenvalue weighted by molar-refractivity contribution is 0.169. The largest absolute Gasteiger partial charge is 0.361 e. The summed E-state index contributed by atoms with van der Waals surface area (Å²) in [6.07, 6.45) is 1.52. The van der Waals surface area contributed by atoms with Crippen molar-refractivity contribution in [3.63, 3.8) is 0 Å². The molecule has 0 unspecified atom stereocenters. The van der Waals surface area contributed by atoms with E-state index in [4.69, 9.17) is 4.52 Å². The van der Waals surface area contributed by atoms with E-state index >= 15 is 0 Å². The maximum Gasteiger partial charge on any atom is 0.194 e. The quantitative estimate of drug-likeness (QED) is 0.302. The first-order valence-corrected chi connectivity index (χ1v) is 9.76. The van der Waals surface area contributed by atoms with Crippen LogP contribution in [-0.4, -0.2) is 69.3 Å². The van der Waals surface area contributed by atoms with Crippen molar-refractivity contribution < 1.29 is 4.52 Å². The Balaban J connectivity index is 0.00000256. The number of nitrogens with one attached hydrogen (secondary N) is 2. The molecule has 0 bridgehead atoms. The van der Waals surface area contributed by atoms with Crippen LogP contribution in [0.1, 0.15) is 17.0 Å². The minimum absolute atomic E-state index is 0. The van der Waals surface area contributed by atoms with Gasteiger partial charge in [0.15, 0.2) is 11.8 Å². The molecule has 3 aromatic rings. The zero-order valence-corrected chi connectivity index (χ0v) is 19.5. The van der Waals surface area contributed by atoms with Gasteiger partial charge in [0.25, 0.3) is 0 Å². The molecule has 1 saturated heterocycles. The first-order chi connectivity index (χ1) is 14.2. The van der Waals surface area contributed by atoms with Crippen LogP contribution in [0.5, 0.6) is 0 Å². The Morgan fingerprint density at radius 3 is 2.73 bits per heavy atom. The summed E-state index contributed by atoms with van der Waals surface area (Å²) in [5, 5.41) is 14.4. The molecule has 1 fully saturated rings. The van der Waals surface area contributed by atoms with E-state index in [9.17, 15) is 0 Å². The van der Waals surface area contributed by atoms with Gasteiger partial charge in [0, 0.05) is 57.9 Å². The van der Waals surface area contributed by atoms with E-state index in [0.29, 0.717) is 6.54 Å². The van der Waals surface area contributed by atoms with Crippen LogP contribution in [0.2, 0.25) is 0 Å².